The summed E-state index contributed by atoms with van der Waals surface area (Å²) < 4.78 is 0. The van der Waals surface area contributed by atoms with Crippen LogP contribution in [0.15, 0.2) is 24.3 Å². The summed E-state index contributed by atoms with van der Waals surface area (Å²) in [6, 6.07) is 8.06. The fraction of sp³-hybridized carbons (Fsp3) is 0.619. The molecule has 138 valence electrons. The van der Waals surface area contributed by atoms with Crippen LogP contribution in [0.4, 0.5) is 0 Å². The van der Waals surface area contributed by atoms with E-state index >= 15 is 0 Å². The van der Waals surface area contributed by atoms with Gasteiger partial charge in [-0.1, -0.05) is 12.1 Å². The van der Waals surface area contributed by atoms with Crippen molar-refractivity contribution in [1.82, 2.24) is 15.3 Å². The number of thioether (sulfide) groups is 1. The molecule has 1 aromatic carbocycles. The highest BCUT2D eigenvalue weighted by atomic mass is 32.2. The number of carbonyl (C=O) groups is 1. The normalized spacial score (nSPS) is 32.2. The van der Waals surface area contributed by atoms with E-state index in [4.69, 9.17) is 0 Å². The van der Waals surface area contributed by atoms with Crippen molar-refractivity contribution in [2.24, 2.45) is 23.2 Å². The van der Waals surface area contributed by atoms with E-state index in [1.165, 1.54) is 38.5 Å². The number of amides is 1. The molecule has 2 N–H and O–H groups in total. The number of carbonyl (C=O) groups excluding carboxylic acids is 1. The first kappa shape index (κ1) is 16.7. The number of para-hydroxylation sites is 2. The Kier molecular flexibility index (Phi) is 4.23. The van der Waals surface area contributed by atoms with Crippen LogP contribution in [0.1, 0.15) is 44.3 Å². The van der Waals surface area contributed by atoms with Crippen molar-refractivity contribution in [3.63, 3.8) is 0 Å². The lowest BCUT2D eigenvalue weighted by Crippen LogP contribution is -2.51. The number of benzene rings is 1. The van der Waals surface area contributed by atoms with E-state index in [1.807, 2.05) is 24.3 Å². The first-order valence-corrected chi connectivity index (χ1v) is 11.1. The van der Waals surface area contributed by atoms with Crippen LogP contribution in [-0.4, -0.2) is 28.2 Å². The largest absolute Gasteiger partial charge is 0.355 e. The third-order valence-corrected chi connectivity index (χ3v) is 7.68. The van der Waals surface area contributed by atoms with Gasteiger partial charge in [0.1, 0.15) is 5.82 Å². The summed E-state index contributed by atoms with van der Waals surface area (Å²) in [6.07, 6.45) is 8.43. The lowest BCUT2D eigenvalue weighted by atomic mass is 9.49. The molecule has 0 unspecified atom stereocenters. The molecule has 6 rings (SSSR count). The van der Waals surface area contributed by atoms with Gasteiger partial charge in [-0.05, 0) is 73.8 Å². The summed E-state index contributed by atoms with van der Waals surface area (Å²) in [6.45, 7) is 0.903. The fourth-order valence-electron chi connectivity index (χ4n) is 6.16. The molecule has 26 heavy (non-hydrogen) atoms. The van der Waals surface area contributed by atoms with Crippen molar-refractivity contribution in [2.75, 3.05) is 12.3 Å². The highest BCUT2D eigenvalue weighted by molar-refractivity contribution is 7.99. The summed E-state index contributed by atoms with van der Waals surface area (Å²) in [4.78, 5) is 20.2. The molecule has 4 nitrogen and oxygen atoms in total. The second kappa shape index (κ2) is 6.59. The Labute approximate surface area is 158 Å². The van der Waals surface area contributed by atoms with Crippen molar-refractivity contribution >= 4 is 28.7 Å². The monoisotopic (exact) mass is 369 g/mol. The highest BCUT2D eigenvalue weighted by Crippen LogP contribution is 2.59. The van der Waals surface area contributed by atoms with Crippen molar-refractivity contribution in [2.45, 2.75) is 44.3 Å². The van der Waals surface area contributed by atoms with Crippen LogP contribution in [0.25, 0.3) is 11.0 Å². The highest BCUT2D eigenvalue weighted by Gasteiger charge is 2.50. The van der Waals surface area contributed by atoms with Crippen LogP contribution in [0.5, 0.6) is 0 Å². The van der Waals surface area contributed by atoms with Crippen LogP contribution >= 0.6 is 11.8 Å². The third kappa shape index (κ3) is 3.26. The average Bonchev–Trinajstić information content (AvgIpc) is 3.02. The number of aromatic nitrogens is 2. The van der Waals surface area contributed by atoms with Gasteiger partial charge >= 0.3 is 0 Å². The van der Waals surface area contributed by atoms with Gasteiger partial charge in [0.25, 0.3) is 0 Å². The molecule has 4 saturated carbocycles. The van der Waals surface area contributed by atoms with Gasteiger partial charge in [0, 0.05) is 6.54 Å². The molecule has 4 aliphatic carbocycles. The molecule has 0 spiro atoms. The maximum atomic E-state index is 12.3. The van der Waals surface area contributed by atoms with Crippen molar-refractivity contribution in [3.8, 4) is 0 Å². The molecular weight excluding hydrogens is 342 g/mol. The molecule has 1 amide bonds. The van der Waals surface area contributed by atoms with Gasteiger partial charge in [0.15, 0.2) is 0 Å². The number of hydrogen-bond acceptors (Lipinski definition) is 3. The van der Waals surface area contributed by atoms with Gasteiger partial charge in [0.2, 0.25) is 5.91 Å². The van der Waals surface area contributed by atoms with E-state index in [2.05, 4.69) is 15.3 Å². The summed E-state index contributed by atoms with van der Waals surface area (Å²) in [7, 11) is 0. The lowest BCUT2D eigenvalue weighted by Gasteiger charge is -2.56. The molecular formula is C21H27N3OS. The van der Waals surface area contributed by atoms with Gasteiger partial charge in [-0.25, -0.2) is 4.98 Å². The molecule has 4 fully saturated rings. The Morgan fingerprint density at radius 1 is 1.15 bits per heavy atom. The quantitative estimate of drug-likeness (QED) is 0.805. The van der Waals surface area contributed by atoms with Gasteiger partial charge in [-0.2, -0.15) is 0 Å². The molecule has 0 radical (unpaired) electrons. The Balaban J connectivity index is 1.10. The average molecular weight is 370 g/mol. The zero-order chi connectivity index (χ0) is 17.6. The van der Waals surface area contributed by atoms with Gasteiger partial charge in [0.05, 0.1) is 22.5 Å². The second-order valence-corrected chi connectivity index (χ2v) is 9.87. The summed E-state index contributed by atoms with van der Waals surface area (Å²) >= 11 is 1.64. The minimum Gasteiger partial charge on any atom is -0.355 e. The van der Waals surface area contributed by atoms with Gasteiger partial charge < -0.3 is 10.3 Å². The molecule has 0 atom stereocenters. The summed E-state index contributed by atoms with van der Waals surface area (Å²) in [5.41, 5.74) is 2.48. The fourth-order valence-corrected chi connectivity index (χ4v) is 6.88. The number of imidazole rings is 1. The van der Waals surface area contributed by atoms with Gasteiger partial charge in [-0.3, -0.25) is 4.79 Å². The predicted octanol–water partition coefficient (Wildman–Crippen LogP) is 4.13. The van der Waals surface area contributed by atoms with Crippen molar-refractivity contribution < 1.29 is 4.79 Å². The molecule has 0 aliphatic heterocycles. The number of fused-ring (bicyclic) bond motifs is 1. The zero-order valence-corrected chi connectivity index (χ0v) is 16.0. The minimum atomic E-state index is 0.182. The van der Waals surface area contributed by atoms with Gasteiger partial charge in [-0.15, -0.1) is 11.8 Å². The standard InChI is InChI=1S/C21H27N3OS/c25-20(12-26-11-19-23-17-3-1-2-4-18(17)24-19)22-13-21-8-14-5-15(9-21)7-16(6-14)10-21/h1-4,14-16H,5-13H2,(H,22,25)(H,23,24). The third-order valence-electron chi connectivity index (χ3n) is 6.74. The number of aromatic amines is 1. The maximum absolute atomic E-state index is 12.3. The van der Waals surface area contributed by atoms with E-state index in [0.717, 1.165) is 46.9 Å². The first-order valence-electron chi connectivity index (χ1n) is 9.96. The smallest absolute Gasteiger partial charge is 0.230 e. The Morgan fingerprint density at radius 3 is 2.54 bits per heavy atom. The van der Waals surface area contributed by atoms with Crippen molar-refractivity contribution in [3.05, 3.63) is 30.1 Å². The van der Waals surface area contributed by atoms with E-state index in [1.54, 1.807) is 11.8 Å². The maximum Gasteiger partial charge on any atom is 0.230 e. The predicted molar refractivity (Wildman–Crippen MR) is 106 cm³/mol. The Morgan fingerprint density at radius 2 is 1.85 bits per heavy atom. The Bertz CT molecular complexity index is 746. The van der Waals surface area contributed by atoms with Crippen molar-refractivity contribution in [1.29, 1.82) is 0 Å². The zero-order valence-electron chi connectivity index (χ0n) is 15.2. The van der Waals surface area contributed by atoms with E-state index in [0.29, 0.717) is 11.2 Å². The SMILES string of the molecule is O=C(CSCc1nc2ccccc2[nH]1)NCC12CC3CC(CC(C3)C1)C2. The van der Waals surface area contributed by atoms with E-state index in [-0.39, 0.29) is 5.91 Å². The topological polar surface area (TPSA) is 57.8 Å². The number of hydrogen-bond donors (Lipinski definition) is 2. The molecule has 1 heterocycles. The molecule has 4 aliphatic rings. The molecule has 2 aromatic rings. The number of H-pyrrole nitrogens is 1. The van der Waals surface area contributed by atoms with E-state index in [9.17, 15) is 4.79 Å². The van der Waals surface area contributed by atoms with Crippen LogP contribution in [0.3, 0.4) is 0 Å². The summed E-state index contributed by atoms with van der Waals surface area (Å²) in [5, 5.41) is 3.26. The Hall–Kier alpha value is -1.49. The summed E-state index contributed by atoms with van der Waals surface area (Å²) in [5.74, 6) is 5.23. The second-order valence-electron chi connectivity index (χ2n) is 8.89. The van der Waals surface area contributed by atoms with Crippen LogP contribution < -0.4 is 5.32 Å². The minimum absolute atomic E-state index is 0.182. The molecule has 5 heteroatoms. The first-order chi connectivity index (χ1) is 12.7. The number of rotatable bonds is 6. The van der Waals surface area contributed by atoms with Crippen LogP contribution in [0.2, 0.25) is 0 Å². The number of nitrogens with one attached hydrogen (secondary N) is 2. The van der Waals surface area contributed by atoms with E-state index < -0.39 is 0 Å². The molecule has 4 bridgehead atoms. The molecule has 0 saturated heterocycles. The van der Waals surface area contributed by atoms with Crippen LogP contribution in [0, 0.1) is 23.2 Å². The molecule has 1 aromatic heterocycles. The lowest BCUT2D eigenvalue weighted by molar-refractivity contribution is -0.120. The number of nitrogens with zero attached hydrogens (tertiary/aromatic N) is 1. The van der Waals surface area contributed by atoms with Crippen LogP contribution in [-0.2, 0) is 10.5 Å².